The molecule has 1 heterocycles. The summed E-state index contributed by atoms with van der Waals surface area (Å²) < 4.78 is 5.41. The topological polar surface area (TPSA) is 26.3 Å². The maximum Gasteiger partial charge on any atom is 0.142 e. The van der Waals surface area contributed by atoms with E-state index in [-0.39, 0.29) is 11.7 Å². The molecule has 0 saturated heterocycles. The molecule has 0 amide bonds. The van der Waals surface area contributed by atoms with Crippen LogP contribution in [-0.4, -0.2) is 12.4 Å². The van der Waals surface area contributed by atoms with E-state index in [2.05, 4.69) is 0 Å². The number of hydrogen-bond acceptors (Lipinski definition) is 2. The van der Waals surface area contributed by atoms with Gasteiger partial charge in [-0.05, 0) is 11.1 Å². The highest BCUT2D eigenvalue weighted by Crippen LogP contribution is 2.27. The number of carbonyl (C=O) groups excluding carboxylic acids is 1. The molecular weight excluding hydrogens is 176 g/mol. The number of hydrogen-bond donors (Lipinski definition) is 0. The van der Waals surface area contributed by atoms with Crippen molar-refractivity contribution in [1.82, 2.24) is 0 Å². The van der Waals surface area contributed by atoms with Crippen LogP contribution >= 0.6 is 0 Å². The Morgan fingerprint density at radius 2 is 2.29 bits per heavy atom. The molecule has 2 nitrogen and oxygen atoms in total. The number of ether oxygens (including phenoxy) is 1. The Hall–Kier alpha value is -1.15. The fraction of sp³-hybridized carbons (Fsp3) is 0.417. The van der Waals surface area contributed by atoms with Crippen LogP contribution in [0, 0.1) is 0 Å². The van der Waals surface area contributed by atoms with Crippen LogP contribution in [0.15, 0.2) is 24.3 Å². The minimum absolute atomic E-state index is 0.0371. The number of Topliss-reactive ketones (excluding diaryl/α,β-unsaturated/α-hetero) is 1. The summed E-state index contributed by atoms with van der Waals surface area (Å²) in [6, 6.07) is 8.04. The molecule has 0 aromatic heterocycles. The maximum absolute atomic E-state index is 11.6. The van der Waals surface area contributed by atoms with Crippen molar-refractivity contribution >= 4 is 5.78 Å². The molecule has 0 saturated carbocycles. The molecule has 0 aliphatic carbocycles. The van der Waals surface area contributed by atoms with Crippen LogP contribution in [-0.2, 0) is 16.1 Å². The minimum Gasteiger partial charge on any atom is -0.376 e. The molecule has 1 aromatic rings. The molecule has 1 unspecified atom stereocenters. The van der Waals surface area contributed by atoms with E-state index < -0.39 is 0 Å². The Kier molecular flexibility index (Phi) is 2.64. The fourth-order valence-corrected chi connectivity index (χ4v) is 1.89. The number of benzene rings is 1. The van der Waals surface area contributed by atoms with E-state index in [0.29, 0.717) is 19.6 Å². The largest absolute Gasteiger partial charge is 0.376 e. The third-order valence-electron chi connectivity index (χ3n) is 2.71. The number of ketones is 1. The van der Waals surface area contributed by atoms with Gasteiger partial charge >= 0.3 is 0 Å². The van der Waals surface area contributed by atoms with Gasteiger partial charge in [-0.3, -0.25) is 4.79 Å². The van der Waals surface area contributed by atoms with Gasteiger partial charge in [-0.2, -0.15) is 0 Å². The number of rotatable bonds is 2. The molecule has 1 aliphatic heterocycles. The average molecular weight is 190 g/mol. The molecule has 1 aliphatic rings. The third-order valence-corrected chi connectivity index (χ3v) is 2.71. The molecule has 0 N–H and O–H groups in total. The van der Waals surface area contributed by atoms with Gasteiger partial charge in [-0.25, -0.2) is 0 Å². The fourth-order valence-electron chi connectivity index (χ4n) is 1.89. The molecule has 0 spiro atoms. The molecule has 0 fully saturated rings. The third kappa shape index (κ3) is 1.58. The Labute approximate surface area is 83.9 Å². The van der Waals surface area contributed by atoms with Crippen LogP contribution in [0.2, 0.25) is 0 Å². The zero-order valence-electron chi connectivity index (χ0n) is 8.32. The summed E-state index contributed by atoms with van der Waals surface area (Å²) in [6.07, 6.45) is 0.586. The van der Waals surface area contributed by atoms with Gasteiger partial charge in [0.05, 0.1) is 19.1 Å². The zero-order chi connectivity index (χ0) is 9.97. The quantitative estimate of drug-likeness (QED) is 0.715. The lowest BCUT2D eigenvalue weighted by atomic mass is 9.89. The molecule has 14 heavy (non-hydrogen) atoms. The van der Waals surface area contributed by atoms with Crippen molar-refractivity contribution in [1.29, 1.82) is 0 Å². The summed E-state index contributed by atoms with van der Waals surface area (Å²) in [7, 11) is 0. The van der Waals surface area contributed by atoms with E-state index in [1.807, 2.05) is 31.2 Å². The first-order valence-electron chi connectivity index (χ1n) is 5.01. The van der Waals surface area contributed by atoms with Gasteiger partial charge in [0.2, 0.25) is 0 Å². The van der Waals surface area contributed by atoms with Gasteiger partial charge in [-0.1, -0.05) is 31.2 Å². The average Bonchev–Trinajstić information content (AvgIpc) is 2.27. The van der Waals surface area contributed by atoms with Gasteiger partial charge < -0.3 is 4.74 Å². The summed E-state index contributed by atoms with van der Waals surface area (Å²) in [5.41, 5.74) is 2.32. The SMILES string of the molecule is CCC(=O)C1COCc2ccccc21. The van der Waals surface area contributed by atoms with Crippen LogP contribution in [0.1, 0.15) is 30.4 Å². The summed E-state index contributed by atoms with van der Waals surface area (Å²) in [6.45, 7) is 3.09. The second kappa shape index (κ2) is 3.93. The van der Waals surface area contributed by atoms with E-state index >= 15 is 0 Å². The smallest absolute Gasteiger partial charge is 0.142 e. The van der Waals surface area contributed by atoms with Gasteiger partial charge in [0, 0.05) is 6.42 Å². The molecule has 1 aromatic carbocycles. The van der Waals surface area contributed by atoms with E-state index in [1.165, 1.54) is 0 Å². The molecule has 0 bridgehead atoms. The Morgan fingerprint density at radius 3 is 3.07 bits per heavy atom. The summed E-state index contributed by atoms with van der Waals surface area (Å²) in [4.78, 5) is 11.6. The molecule has 1 atom stereocenters. The first-order chi connectivity index (χ1) is 6.83. The van der Waals surface area contributed by atoms with Crippen LogP contribution in [0.4, 0.5) is 0 Å². The summed E-state index contributed by atoms with van der Waals surface area (Å²) in [5, 5.41) is 0. The monoisotopic (exact) mass is 190 g/mol. The predicted octanol–water partition coefficient (Wildman–Crippen LogP) is 2.28. The molecule has 74 valence electrons. The minimum atomic E-state index is -0.0371. The van der Waals surface area contributed by atoms with Crippen molar-refractivity contribution in [2.45, 2.75) is 25.9 Å². The van der Waals surface area contributed by atoms with Crippen LogP contribution < -0.4 is 0 Å². The van der Waals surface area contributed by atoms with Crippen molar-refractivity contribution in [2.75, 3.05) is 6.61 Å². The first-order valence-corrected chi connectivity index (χ1v) is 5.01. The molecule has 2 rings (SSSR count). The highest BCUT2D eigenvalue weighted by atomic mass is 16.5. The lowest BCUT2D eigenvalue weighted by Crippen LogP contribution is -2.23. The van der Waals surface area contributed by atoms with E-state index in [1.54, 1.807) is 0 Å². The van der Waals surface area contributed by atoms with Crippen LogP contribution in [0.5, 0.6) is 0 Å². The zero-order valence-corrected chi connectivity index (χ0v) is 8.32. The first kappa shape index (κ1) is 9.41. The van der Waals surface area contributed by atoms with Crippen molar-refractivity contribution in [3.8, 4) is 0 Å². The van der Waals surface area contributed by atoms with Gasteiger partial charge in [0.25, 0.3) is 0 Å². The van der Waals surface area contributed by atoms with Gasteiger partial charge in [0.15, 0.2) is 0 Å². The van der Waals surface area contributed by atoms with Crippen molar-refractivity contribution < 1.29 is 9.53 Å². The molecule has 0 radical (unpaired) electrons. The predicted molar refractivity (Wildman–Crippen MR) is 54.1 cm³/mol. The Bertz CT molecular complexity index is 344. The summed E-state index contributed by atoms with van der Waals surface area (Å²) in [5.74, 6) is 0.238. The standard InChI is InChI=1S/C12H14O2/c1-2-12(13)11-8-14-7-9-5-3-4-6-10(9)11/h3-6,11H,2,7-8H2,1H3. The second-order valence-corrected chi connectivity index (χ2v) is 3.59. The number of carbonyl (C=O) groups is 1. The molecule has 2 heteroatoms. The second-order valence-electron chi connectivity index (χ2n) is 3.59. The van der Waals surface area contributed by atoms with Crippen molar-refractivity contribution in [3.05, 3.63) is 35.4 Å². The normalized spacial score (nSPS) is 20.2. The van der Waals surface area contributed by atoms with E-state index in [0.717, 1.165) is 11.1 Å². The lowest BCUT2D eigenvalue weighted by molar-refractivity contribution is -0.122. The van der Waals surface area contributed by atoms with Crippen molar-refractivity contribution in [3.63, 3.8) is 0 Å². The van der Waals surface area contributed by atoms with Crippen LogP contribution in [0.25, 0.3) is 0 Å². The highest BCUT2D eigenvalue weighted by molar-refractivity contribution is 5.86. The van der Waals surface area contributed by atoms with Crippen LogP contribution in [0.3, 0.4) is 0 Å². The van der Waals surface area contributed by atoms with E-state index in [4.69, 9.17) is 4.74 Å². The van der Waals surface area contributed by atoms with Gasteiger partial charge in [0.1, 0.15) is 5.78 Å². The van der Waals surface area contributed by atoms with E-state index in [9.17, 15) is 4.79 Å². The van der Waals surface area contributed by atoms with Gasteiger partial charge in [-0.15, -0.1) is 0 Å². The number of fused-ring (bicyclic) bond motifs is 1. The Balaban J connectivity index is 2.35. The Morgan fingerprint density at radius 1 is 1.50 bits per heavy atom. The summed E-state index contributed by atoms with van der Waals surface area (Å²) >= 11 is 0. The highest BCUT2D eigenvalue weighted by Gasteiger charge is 2.25. The maximum atomic E-state index is 11.6. The molecular formula is C12H14O2. The van der Waals surface area contributed by atoms with Crippen molar-refractivity contribution in [2.24, 2.45) is 0 Å². The lowest BCUT2D eigenvalue weighted by Gasteiger charge is -2.24.